The number of methoxy groups -OCH3 is 1. The average Bonchev–Trinajstić information content (AvgIpc) is 3.02. The van der Waals surface area contributed by atoms with E-state index in [1.807, 2.05) is 7.11 Å². The summed E-state index contributed by atoms with van der Waals surface area (Å²) in [4.78, 5) is 0. The van der Waals surface area contributed by atoms with Crippen LogP contribution in [-0.4, -0.2) is 23.9 Å². The van der Waals surface area contributed by atoms with Gasteiger partial charge in [-0.15, -0.1) is 0 Å². The van der Waals surface area contributed by atoms with Gasteiger partial charge in [-0.05, 0) is 98.7 Å². The third-order valence-corrected chi connectivity index (χ3v) is 10.5. The predicted octanol–water partition coefficient (Wildman–Crippen LogP) is 6.75. The van der Waals surface area contributed by atoms with Gasteiger partial charge in [-0.25, -0.2) is 0 Å². The van der Waals surface area contributed by atoms with Crippen LogP contribution in [0.15, 0.2) is 0 Å². The first-order chi connectivity index (χ1) is 13.4. The van der Waals surface area contributed by atoms with E-state index < -0.39 is 0 Å². The molecule has 4 aliphatic carbocycles. The van der Waals surface area contributed by atoms with E-state index in [0.717, 1.165) is 42.9 Å². The van der Waals surface area contributed by atoms with Crippen LogP contribution in [0, 0.1) is 34.5 Å². The molecule has 1 N–H and O–H groups in total. The number of unbranched alkanes of at least 4 members (excludes halogenated alkanes) is 3. The summed E-state index contributed by atoms with van der Waals surface area (Å²) in [6.07, 6.45) is 18.3. The summed E-state index contributed by atoms with van der Waals surface area (Å²) in [5.74, 6) is 3.44. The largest absolute Gasteiger partial charge is 0.390 e. The van der Waals surface area contributed by atoms with Gasteiger partial charge in [0.05, 0.1) is 11.7 Å². The van der Waals surface area contributed by atoms with Gasteiger partial charge >= 0.3 is 0 Å². The zero-order valence-electron chi connectivity index (χ0n) is 19.1. The molecule has 8 atom stereocenters. The summed E-state index contributed by atoms with van der Waals surface area (Å²) in [6.45, 7) is 7.43. The highest BCUT2D eigenvalue weighted by atomic mass is 16.5. The van der Waals surface area contributed by atoms with Gasteiger partial charge in [0.2, 0.25) is 0 Å². The van der Waals surface area contributed by atoms with Crippen LogP contribution in [0.2, 0.25) is 0 Å². The van der Waals surface area contributed by atoms with Crippen molar-refractivity contribution < 1.29 is 9.84 Å². The molecule has 0 bridgehead atoms. The van der Waals surface area contributed by atoms with Crippen LogP contribution in [0.3, 0.4) is 0 Å². The van der Waals surface area contributed by atoms with Gasteiger partial charge in [0.25, 0.3) is 0 Å². The molecule has 4 unspecified atom stereocenters. The summed E-state index contributed by atoms with van der Waals surface area (Å²) in [5, 5.41) is 11.4. The predicted molar refractivity (Wildman–Crippen MR) is 116 cm³/mol. The van der Waals surface area contributed by atoms with Crippen molar-refractivity contribution in [3.05, 3.63) is 0 Å². The molecule has 4 rings (SSSR count). The number of aliphatic hydroxyl groups is 1. The molecule has 0 aromatic carbocycles. The van der Waals surface area contributed by atoms with E-state index in [0.29, 0.717) is 16.9 Å². The lowest BCUT2D eigenvalue weighted by molar-refractivity contribution is -0.158. The number of fused-ring (bicyclic) bond motifs is 5. The first kappa shape index (κ1) is 21.2. The molecule has 0 radical (unpaired) electrons. The molecule has 0 saturated heterocycles. The van der Waals surface area contributed by atoms with Gasteiger partial charge in [-0.3, -0.25) is 0 Å². The van der Waals surface area contributed by atoms with Gasteiger partial charge in [0.1, 0.15) is 0 Å². The Labute approximate surface area is 174 Å². The second-order valence-corrected chi connectivity index (χ2v) is 11.7. The Balaban J connectivity index is 1.45. The van der Waals surface area contributed by atoms with E-state index in [1.54, 1.807) is 0 Å². The quantitative estimate of drug-likeness (QED) is 0.508. The Morgan fingerprint density at radius 2 is 1.64 bits per heavy atom. The van der Waals surface area contributed by atoms with Crippen LogP contribution in [0.1, 0.15) is 111 Å². The zero-order chi connectivity index (χ0) is 20.0. The lowest BCUT2D eigenvalue weighted by atomic mass is 9.44. The normalized spacial score (nSPS) is 50.7. The van der Waals surface area contributed by atoms with Crippen LogP contribution in [-0.2, 0) is 4.74 Å². The molecule has 4 saturated carbocycles. The highest BCUT2D eigenvalue weighted by Gasteiger charge is 2.61. The third kappa shape index (κ3) is 3.39. The molecule has 0 aliphatic heterocycles. The van der Waals surface area contributed by atoms with Crippen molar-refractivity contribution >= 4 is 0 Å². The smallest absolute Gasteiger partial charge is 0.0650 e. The second-order valence-electron chi connectivity index (χ2n) is 11.7. The van der Waals surface area contributed by atoms with Crippen LogP contribution in [0.25, 0.3) is 0 Å². The molecule has 28 heavy (non-hydrogen) atoms. The van der Waals surface area contributed by atoms with Gasteiger partial charge < -0.3 is 9.84 Å². The van der Waals surface area contributed by atoms with Crippen molar-refractivity contribution in [2.45, 2.75) is 122 Å². The highest BCUT2D eigenvalue weighted by molar-refractivity contribution is 5.10. The Bertz CT molecular complexity index is 547. The van der Waals surface area contributed by atoms with E-state index in [9.17, 15) is 5.11 Å². The maximum atomic E-state index is 11.4. The van der Waals surface area contributed by atoms with E-state index >= 15 is 0 Å². The molecule has 0 aromatic heterocycles. The fourth-order valence-corrected chi connectivity index (χ4v) is 8.77. The standard InChI is InChI=1S/C26H46O2/c1-5-6-7-8-14-26(27)17-16-24(2)19(18-26)9-10-20-21-11-12-23(28-4)25(21,3)15-13-22(20)24/h19-23,27H,5-18H2,1-4H3/t19?,20?,21?,22?,23-,24-,25-,26+/m0/s1. The van der Waals surface area contributed by atoms with Gasteiger partial charge in [0.15, 0.2) is 0 Å². The van der Waals surface area contributed by atoms with Gasteiger partial charge in [-0.2, -0.15) is 0 Å². The maximum absolute atomic E-state index is 11.4. The molecule has 4 fully saturated rings. The van der Waals surface area contributed by atoms with E-state index in [-0.39, 0.29) is 5.60 Å². The van der Waals surface area contributed by atoms with Gasteiger partial charge in [-0.1, -0.05) is 46.5 Å². The SMILES string of the molecule is CCCCCC[C@@]1(O)CC[C@@]2(C)C(CCC3C2CC[C@@]2(C)C3CC[C@@H]2OC)C1. The monoisotopic (exact) mass is 390 g/mol. The summed E-state index contributed by atoms with van der Waals surface area (Å²) < 4.78 is 5.94. The summed E-state index contributed by atoms with van der Waals surface area (Å²) in [7, 11) is 1.94. The number of hydrogen-bond acceptors (Lipinski definition) is 2. The minimum Gasteiger partial charge on any atom is -0.390 e. The average molecular weight is 391 g/mol. The molecule has 0 aromatic rings. The Kier molecular flexibility index (Phi) is 5.95. The number of rotatable bonds is 6. The van der Waals surface area contributed by atoms with Crippen molar-refractivity contribution in [3.8, 4) is 0 Å². The van der Waals surface area contributed by atoms with Crippen molar-refractivity contribution in [1.82, 2.24) is 0 Å². The molecular weight excluding hydrogens is 344 g/mol. The molecule has 2 heteroatoms. The number of hydrogen-bond donors (Lipinski definition) is 1. The Morgan fingerprint density at radius 3 is 2.39 bits per heavy atom. The molecular formula is C26H46O2. The molecule has 0 spiro atoms. The van der Waals surface area contributed by atoms with E-state index in [4.69, 9.17) is 4.74 Å². The minimum absolute atomic E-state index is 0.359. The van der Waals surface area contributed by atoms with Crippen LogP contribution in [0.5, 0.6) is 0 Å². The molecule has 2 nitrogen and oxygen atoms in total. The van der Waals surface area contributed by atoms with Crippen molar-refractivity contribution in [2.24, 2.45) is 34.5 Å². The first-order valence-electron chi connectivity index (χ1n) is 12.6. The lowest BCUT2D eigenvalue weighted by Crippen LogP contribution is -2.56. The summed E-state index contributed by atoms with van der Waals surface area (Å²) in [6, 6.07) is 0. The molecule has 0 amide bonds. The van der Waals surface area contributed by atoms with E-state index in [1.165, 1.54) is 70.6 Å². The molecule has 162 valence electrons. The molecule has 0 heterocycles. The third-order valence-electron chi connectivity index (χ3n) is 10.5. The van der Waals surface area contributed by atoms with E-state index in [2.05, 4.69) is 20.8 Å². The summed E-state index contributed by atoms with van der Waals surface area (Å²) in [5.41, 5.74) is 0.543. The summed E-state index contributed by atoms with van der Waals surface area (Å²) >= 11 is 0. The highest BCUT2D eigenvalue weighted by Crippen LogP contribution is 2.67. The lowest BCUT2D eigenvalue weighted by Gasteiger charge is -2.62. The van der Waals surface area contributed by atoms with Crippen molar-refractivity contribution in [2.75, 3.05) is 7.11 Å². The van der Waals surface area contributed by atoms with Crippen LogP contribution in [0.4, 0.5) is 0 Å². The van der Waals surface area contributed by atoms with Crippen molar-refractivity contribution in [3.63, 3.8) is 0 Å². The first-order valence-corrected chi connectivity index (χ1v) is 12.6. The fraction of sp³-hybridized carbons (Fsp3) is 1.00. The second kappa shape index (κ2) is 7.88. The minimum atomic E-state index is -0.359. The number of ether oxygens (including phenoxy) is 1. The van der Waals surface area contributed by atoms with Crippen LogP contribution < -0.4 is 0 Å². The zero-order valence-corrected chi connectivity index (χ0v) is 19.1. The molecule has 4 aliphatic rings. The van der Waals surface area contributed by atoms with Gasteiger partial charge in [0, 0.05) is 7.11 Å². The van der Waals surface area contributed by atoms with Crippen molar-refractivity contribution in [1.29, 1.82) is 0 Å². The Hall–Kier alpha value is -0.0800. The maximum Gasteiger partial charge on any atom is 0.0650 e. The topological polar surface area (TPSA) is 29.5 Å². The van der Waals surface area contributed by atoms with Crippen LogP contribution >= 0.6 is 0 Å². The Morgan fingerprint density at radius 1 is 0.857 bits per heavy atom. The fourth-order valence-electron chi connectivity index (χ4n) is 8.77.